The van der Waals surface area contributed by atoms with E-state index in [9.17, 15) is 14.4 Å². The number of rotatable bonds is 7. The average molecular weight is 503 g/mol. The minimum absolute atomic E-state index is 0.0145. The number of hydrogen-bond acceptors (Lipinski definition) is 6. The van der Waals surface area contributed by atoms with Crippen LogP contribution in [0.1, 0.15) is 41.0 Å². The van der Waals surface area contributed by atoms with Gasteiger partial charge in [0.05, 0.1) is 12.2 Å². The fourth-order valence-electron chi connectivity index (χ4n) is 4.65. The summed E-state index contributed by atoms with van der Waals surface area (Å²) in [4.78, 5) is 45.9. The van der Waals surface area contributed by atoms with E-state index in [4.69, 9.17) is 4.74 Å². The van der Waals surface area contributed by atoms with E-state index in [1.807, 2.05) is 53.4 Å². The van der Waals surface area contributed by atoms with Crippen molar-refractivity contribution in [3.05, 3.63) is 71.8 Å². The Morgan fingerprint density at radius 1 is 1.08 bits per heavy atom. The van der Waals surface area contributed by atoms with Crippen molar-refractivity contribution < 1.29 is 19.1 Å². The lowest BCUT2D eigenvalue weighted by atomic mass is 10.1. The molecule has 0 bridgehead atoms. The maximum atomic E-state index is 13.2. The summed E-state index contributed by atoms with van der Waals surface area (Å²) in [6.45, 7) is 2.14. The number of likely N-dealkylation sites (N-methyl/N-ethyl adjacent to an activating group) is 1. The third-order valence-corrected chi connectivity index (χ3v) is 6.74. The van der Waals surface area contributed by atoms with Crippen LogP contribution >= 0.6 is 0 Å². The van der Waals surface area contributed by atoms with Crippen LogP contribution in [0.5, 0.6) is 5.75 Å². The van der Waals surface area contributed by atoms with Gasteiger partial charge in [0.2, 0.25) is 11.7 Å². The maximum Gasteiger partial charge on any atom is 0.291 e. The van der Waals surface area contributed by atoms with E-state index in [0.717, 1.165) is 37.1 Å². The van der Waals surface area contributed by atoms with E-state index in [1.165, 1.54) is 11.2 Å². The number of nitrogens with one attached hydrogen (secondary N) is 1. The van der Waals surface area contributed by atoms with E-state index < -0.39 is 11.9 Å². The zero-order chi connectivity index (χ0) is 25.8. The Kier molecular flexibility index (Phi) is 7.16. The minimum atomic E-state index is -0.897. The van der Waals surface area contributed by atoms with Gasteiger partial charge in [-0.05, 0) is 42.5 Å². The molecule has 0 radical (unpaired) electrons. The average Bonchev–Trinajstić information content (AvgIpc) is 3.61. The van der Waals surface area contributed by atoms with Gasteiger partial charge in [0.15, 0.2) is 0 Å². The lowest BCUT2D eigenvalue weighted by Crippen LogP contribution is -2.49. The zero-order valence-electron chi connectivity index (χ0n) is 20.8. The molecule has 10 heteroatoms. The molecule has 2 aromatic carbocycles. The molecule has 1 atom stereocenters. The lowest BCUT2D eigenvalue weighted by molar-refractivity contribution is -0.130. The molecule has 0 aliphatic carbocycles. The first-order chi connectivity index (χ1) is 18.0. The summed E-state index contributed by atoms with van der Waals surface area (Å²) < 4.78 is 7.46. The Morgan fingerprint density at radius 3 is 2.65 bits per heavy atom. The molecule has 37 heavy (non-hydrogen) atoms. The normalized spacial score (nSPS) is 17.2. The number of fused-ring (bicyclic) bond motifs is 1. The van der Waals surface area contributed by atoms with Crippen LogP contribution < -0.4 is 15.0 Å². The van der Waals surface area contributed by atoms with Crippen LogP contribution in [0.2, 0.25) is 0 Å². The van der Waals surface area contributed by atoms with E-state index in [-0.39, 0.29) is 24.2 Å². The molecule has 3 amide bonds. The molecule has 0 unspecified atom stereocenters. The molecule has 3 heterocycles. The standard InChI is InChI=1S/C27H30N6O4/c1-31-22-15-19(10-12-24(34)32-13-5-6-14-32)9-11-23(22)37-17-21(27(31)36)29-26(35)25-28-18-33(30-25)16-20-7-3-2-4-8-20/h2-4,7-9,11,15,18,21H,5-6,10,12-14,16-17H2,1H3,(H,29,35)/t21-/m0/s1. The zero-order valence-corrected chi connectivity index (χ0v) is 20.8. The lowest BCUT2D eigenvalue weighted by Gasteiger charge is -2.20. The number of amides is 3. The molecule has 2 aliphatic rings. The summed E-state index contributed by atoms with van der Waals surface area (Å²) in [5, 5.41) is 6.96. The van der Waals surface area contributed by atoms with Gasteiger partial charge in [0, 0.05) is 26.6 Å². The second kappa shape index (κ2) is 10.8. The number of hydrogen-bond donors (Lipinski definition) is 1. The predicted molar refractivity (Wildman–Crippen MR) is 136 cm³/mol. The summed E-state index contributed by atoms with van der Waals surface area (Å²) in [5.41, 5.74) is 2.59. The Bertz CT molecular complexity index is 1290. The third kappa shape index (κ3) is 5.63. The van der Waals surface area contributed by atoms with Crippen LogP contribution in [0, 0.1) is 0 Å². The molecular formula is C27H30N6O4. The first-order valence-corrected chi connectivity index (χ1v) is 12.5. The number of benzene rings is 2. The second-order valence-corrected chi connectivity index (χ2v) is 9.38. The molecule has 1 aromatic heterocycles. The van der Waals surface area contributed by atoms with Crippen molar-refractivity contribution in [3.63, 3.8) is 0 Å². The summed E-state index contributed by atoms with van der Waals surface area (Å²) in [5.74, 6) is -0.156. The Hall–Kier alpha value is -4.21. The first kappa shape index (κ1) is 24.5. The van der Waals surface area contributed by atoms with E-state index in [1.54, 1.807) is 11.7 Å². The monoisotopic (exact) mass is 502 g/mol. The summed E-state index contributed by atoms with van der Waals surface area (Å²) in [7, 11) is 1.65. The molecular weight excluding hydrogens is 472 g/mol. The van der Waals surface area contributed by atoms with Crippen molar-refractivity contribution in [1.29, 1.82) is 0 Å². The highest BCUT2D eigenvalue weighted by Crippen LogP contribution is 2.32. The number of carbonyl (C=O) groups is 3. The van der Waals surface area contributed by atoms with Crippen LogP contribution in [0.25, 0.3) is 0 Å². The van der Waals surface area contributed by atoms with Gasteiger partial charge in [-0.15, -0.1) is 5.10 Å². The van der Waals surface area contributed by atoms with Gasteiger partial charge in [-0.1, -0.05) is 36.4 Å². The van der Waals surface area contributed by atoms with Crippen LogP contribution in [0.15, 0.2) is 54.9 Å². The van der Waals surface area contributed by atoms with Crippen molar-refractivity contribution in [2.24, 2.45) is 0 Å². The molecule has 192 valence electrons. The van der Waals surface area contributed by atoms with Crippen molar-refractivity contribution >= 4 is 23.4 Å². The number of anilines is 1. The second-order valence-electron chi connectivity index (χ2n) is 9.38. The highest BCUT2D eigenvalue weighted by atomic mass is 16.5. The van der Waals surface area contributed by atoms with Crippen LogP contribution in [-0.4, -0.2) is 70.2 Å². The first-order valence-electron chi connectivity index (χ1n) is 12.5. The van der Waals surface area contributed by atoms with Gasteiger partial charge in [0.1, 0.15) is 24.7 Å². The van der Waals surface area contributed by atoms with E-state index in [0.29, 0.717) is 30.8 Å². The van der Waals surface area contributed by atoms with Crippen LogP contribution in [0.4, 0.5) is 5.69 Å². The quantitative estimate of drug-likeness (QED) is 0.530. The molecule has 10 nitrogen and oxygen atoms in total. The number of carbonyl (C=O) groups excluding carboxylic acids is 3. The van der Waals surface area contributed by atoms with Gasteiger partial charge in [0.25, 0.3) is 11.8 Å². The van der Waals surface area contributed by atoms with Crippen molar-refractivity contribution in [1.82, 2.24) is 25.0 Å². The highest BCUT2D eigenvalue weighted by Gasteiger charge is 2.32. The molecule has 1 N–H and O–H groups in total. The molecule has 3 aromatic rings. The highest BCUT2D eigenvalue weighted by molar-refractivity contribution is 6.02. The maximum absolute atomic E-state index is 13.2. The number of ether oxygens (including phenoxy) is 1. The van der Waals surface area contributed by atoms with Gasteiger partial charge >= 0.3 is 0 Å². The fourth-order valence-corrected chi connectivity index (χ4v) is 4.65. The van der Waals surface area contributed by atoms with Crippen LogP contribution in [-0.2, 0) is 22.6 Å². The Balaban J connectivity index is 1.21. The van der Waals surface area contributed by atoms with E-state index >= 15 is 0 Å². The molecule has 0 spiro atoms. The number of nitrogens with zero attached hydrogens (tertiary/aromatic N) is 5. The molecule has 0 saturated carbocycles. The number of likely N-dealkylation sites (tertiary alicyclic amines) is 1. The molecule has 1 saturated heterocycles. The van der Waals surface area contributed by atoms with Gasteiger partial charge < -0.3 is 19.9 Å². The topological polar surface area (TPSA) is 110 Å². The number of aryl methyl sites for hydroxylation is 1. The molecule has 2 aliphatic heterocycles. The largest absolute Gasteiger partial charge is 0.489 e. The predicted octanol–water partition coefficient (Wildman–Crippen LogP) is 2.04. The van der Waals surface area contributed by atoms with E-state index in [2.05, 4.69) is 15.4 Å². The van der Waals surface area contributed by atoms with Crippen molar-refractivity contribution in [3.8, 4) is 5.75 Å². The van der Waals surface area contributed by atoms with Gasteiger partial charge in [-0.2, -0.15) is 0 Å². The molecule has 1 fully saturated rings. The fraction of sp³-hybridized carbons (Fsp3) is 0.370. The van der Waals surface area contributed by atoms with Crippen LogP contribution in [0.3, 0.4) is 0 Å². The summed E-state index contributed by atoms with van der Waals surface area (Å²) in [6.07, 6.45) is 4.64. The van der Waals surface area contributed by atoms with Gasteiger partial charge in [-0.3, -0.25) is 14.4 Å². The number of aromatic nitrogens is 3. The smallest absolute Gasteiger partial charge is 0.291 e. The van der Waals surface area contributed by atoms with Gasteiger partial charge in [-0.25, -0.2) is 9.67 Å². The summed E-state index contributed by atoms with van der Waals surface area (Å²) in [6, 6.07) is 14.4. The Labute approximate surface area is 215 Å². The Morgan fingerprint density at radius 2 is 1.86 bits per heavy atom. The van der Waals surface area contributed by atoms with Crippen molar-refractivity contribution in [2.75, 3.05) is 31.6 Å². The van der Waals surface area contributed by atoms with Crippen molar-refractivity contribution in [2.45, 2.75) is 38.3 Å². The SMILES string of the molecule is CN1C(=O)[C@@H](NC(=O)c2ncn(Cc3ccccc3)n2)COc2ccc(CCC(=O)N3CCCC3)cc21. The molecule has 5 rings (SSSR count). The third-order valence-electron chi connectivity index (χ3n) is 6.74. The minimum Gasteiger partial charge on any atom is -0.489 e. The summed E-state index contributed by atoms with van der Waals surface area (Å²) >= 11 is 0.